The predicted molar refractivity (Wildman–Crippen MR) is 64.2 cm³/mol. The van der Waals surface area contributed by atoms with Crippen LogP contribution in [0.2, 0.25) is 0 Å². The van der Waals surface area contributed by atoms with Crippen molar-refractivity contribution in [3.8, 4) is 0 Å². The fourth-order valence-corrected chi connectivity index (χ4v) is 2.67. The first-order valence-corrected chi connectivity index (χ1v) is 6.16. The molecule has 2 unspecified atom stereocenters. The van der Waals surface area contributed by atoms with Crippen molar-refractivity contribution in [2.75, 3.05) is 20.2 Å². The van der Waals surface area contributed by atoms with Crippen LogP contribution in [0.5, 0.6) is 0 Å². The zero-order chi connectivity index (χ0) is 12.2. The Morgan fingerprint density at radius 1 is 1.62 bits per heavy atom. The minimum atomic E-state index is -0.248. The van der Waals surface area contributed by atoms with Crippen LogP contribution in [-0.2, 0) is 4.74 Å². The molecule has 0 aliphatic heterocycles. The highest BCUT2D eigenvalue weighted by atomic mass is 16.6. The molecule has 4 heteroatoms. The number of nitrogens with two attached hydrogens (primary N) is 1. The maximum absolute atomic E-state index is 11.8. The van der Waals surface area contributed by atoms with Gasteiger partial charge in [-0.05, 0) is 25.7 Å². The summed E-state index contributed by atoms with van der Waals surface area (Å²) in [4.78, 5) is 13.5. The number of amides is 1. The minimum Gasteiger partial charge on any atom is -0.450 e. The van der Waals surface area contributed by atoms with Gasteiger partial charge in [0.1, 0.15) is 0 Å². The lowest BCUT2D eigenvalue weighted by Crippen LogP contribution is -2.56. The Balaban J connectivity index is 2.74. The quantitative estimate of drug-likeness (QED) is 0.803. The third-order valence-corrected chi connectivity index (χ3v) is 3.70. The smallest absolute Gasteiger partial charge is 0.409 e. The van der Waals surface area contributed by atoms with Crippen molar-refractivity contribution in [2.24, 2.45) is 11.7 Å². The van der Waals surface area contributed by atoms with E-state index in [1.165, 1.54) is 6.42 Å². The summed E-state index contributed by atoms with van der Waals surface area (Å²) < 4.78 is 5.05. The molecule has 0 saturated heterocycles. The first kappa shape index (κ1) is 13.3. The number of likely N-dealkylation sites (N-methyl/N-ethyl adjacent to an activating group) is 1. The molecule has 0 radical (unpaired) electrons. The Morgan fingerprint density at radius 2 is 2.31 bits per heavy atom. The Bertz CT molecular complexity index is 245. The van der Waals surface area contributed by atoms with E-state index in [-0.39, 0.29) is 11.6 Å². The molecule has 0 aromatic rings. The van der Waals surface area contributed by atoms with Crippen LogP contribution in [0.15, 0.2) is 0 Å². The molecule has 0 bridgehead atoms. The normalized spacial score (nSPS) is 29.9. The number of nitrogens with zero attached hydrogens (tertiary/aromatic N) is 1. The monoisotopic (exact) mass is 228 g/mol. The molecule has 1 amide bonds. The lowest BCUT2D eigenvalue weighted by Gasteiger charge is -2.45. The zero-order valence-electron chi connectivity index (χ0n) is 10.7. The maximum atomic E-state index is 11.8. The summed E-state index contributed by atoms with van der Waals surface area (Å²) in [6.07, 6.45) is 4.10. The first-order valence-electron chi connectivity index (χ1n) is 6.16. The highest BCUT2D eigenvalue weighted by Crippen LogP contribution is 2.35. The second-order valence-electron chi connectivity index (χ2n) is 4.89. The van der Waals surface area contributed by atoms with Crippen LogP contribution in [0.3, 0.4) is 0 Å². The van der Waals surface area contributed by atoms with Gasteiger partial charge in [-0.2, -0.15) is 0 Å². The van der Waals surface area contributed by atoms with Crippen LogP contribution in [0, 0.1) is 5.92 Å². The van der Waals surface area contributed by atoms with E-state index >= 15 is 0 Å². The summed E-state index contributed by atoms with van der Waals surface area (Å²) in [6.45, 7) is 4.99. The number of carbonyl (C=O) groups is 1. The summed E-state index contributed by atoms with van der Waals surface area (Å²) >= 11 is 0. The van der Waals surface area contributed by atoms with Gasteiger partial charge in [0.2, 0.25) is 0 Å². The topological polar surface area (TPSA) is 55.6 Å². The van der Waals surface area contributed by atoms with Crippen LogP contribution in [0.4, 0.5) is 4.79 Å². The van der Waals surface area contributed by atoms with E-state index in [2.05, 4.69) is 6.92 Å². The van der Waals surface area contributed by atoms with Crippen molar-refractivity contribution in [2.45, 2.75) is 45.1 Å². The van der Waals surface area contributed by atoms with Gasteiger partial charge in [0.25, 0.3) is 0 Å². The molecule has 94 valence electrons. The second-order valence-corrected chi connectivity index (χ2v) is 4.89. The van der Waals surface area contributed by atoms with E-state index in [1.54, 1.807) is 4.90 Å². The van der Waals surface area contributed by atoms with Crippen molar-refractivity contribution < 1.29 is 9.53 Å². The molecular formula is C12H24N2O2. The third kappa shape index (κ3) is 2.67. The number of hydrogen-bond donors (Lipinski definition) is 1. The summed E-state index contributed by atoms with van der Waals surface area (Å²) in [5.74, 6) is 0.633. The van der Waals surface area contributed by atoms with Crippen molar-refractivity contribution in [1.82, 2.24) is 4.90 Å². The Hall–Kier alpha value is -0.770. The zero-order valence-corrected chi connectivity index (χ0v) is 10.7. The number of ether oxygens (including phenoxy) is 1. The summed E-state index contributed by atoms with van der Waals surface area (Å²) in [6, 6.07) is 0. The van der Waals surface area contributed by atoms with Gasteiger partial charge in [-0.3, -0.25) is 0 Å². The molecule has 1 rings (SSSR count). The lowest BCUT2D eigenvalue weighted by molar-refractivity contribution is 0.0405. The van der Waals surface area contributed by atoms with Crippen LogP contribution in [0.25, 0.3) is 0 Å². The number of rotatable bonds is 3. The molecule has 1 saturated carbocycles. The van der Waals surface area contributed by atoms with E-state index < -0.39 is 0 Å². The standard InChI is InChI=1S/C12H24N2O2/c1-4-16-11(15)14(3)12(9-13)7-5-6-10(2)8-12/h10H,4-9,13H2,1-3H3. The molecule has 16 heavy (non-hydrogen) atoms. The largest absolute Gasteiger partial charge is 0.450 e. The minimum absolute atomic E-state index is 0.191. The van der Waals surface area contributed by atoms with Crippen LogP contribution in [0.1, 0.15) is 39.5 Å². The molecule has 1 aliphatic carbocycles. The van der Waals surface area contributed by atoms with Gasteiger partial charge in [0, 0.05) is 13.6 Å². The fraction of sp³-hybridized carbons (Fsp3) is 0.917. The third-order valence-electron chi connectivity index (χ3n) is 3.70. The number of hydrogen-bond acceptors (Lipinski definition) is 3. The van der Waals surface area contributed by atoms with Crippen LogP contribution < -0.4 is 5.73 Å². The summed E-state index contributed by atoms with van der Waals surface area (Å²) in [5, 5.41) is 0. The fourth-order valence-electron chi connectivity index (χ4n) is 2.67. The predicted octanol–water partition coefficient (Wildman–Crippen LogP) is 1.98. The Kier molecular flexibility index (Phi) is 4.59. The molecule has 1 aliphatic rings. The van der Waals surface area contributed by atoms with Gasteiger partial charge in [0.05, 0.1) is 12.1 Å². The highest BCUT2D eigenvalue weighted by Gasteiger charge is 2.40. The first-order chi connectivity index (χ1) is 7.55. The van der Waals surface area contributed by atoms with E-state index in [9.17, 15) is 4.79 Å². The van der Waals surface area contributed by atoms with Gasteiger partial charge in [-0.15, -0.1) is 0 Å². The average molecular weight is 228 g/mol. The molecule has 0 aromatic carbocycles. The van der Waals surface area contributed by atoms with Crippen LogP contribution >= 0.6 is 0 Å². The molecular weight excluding hydrogens is 204 g/mol. The molecule has 0 spiro atoms. The van der Waals surface area contributed by atoms with Crippen molar-refractivity contribution in [1.29, 1.82) is 0 Å². The second kappa shape index (κ2) is 5.53. The van der Waals surface area contributed by atoms with Gasteiger partial charge in [0.15, 0.2) is 0 Å². The van der Waals surface area contributed by atoms with E-state index in [4.69, 9.17) is 10.5 Å². The molecule has 4 nitrogen and oxygen atoms in total. The van der Waals surface area contributed by atoms with Crippen LogP contribution in [-0.4, -0.2) is 36.7 Å². The SMILES string of the molecule is CCOC(=O)N(C)C1(CN)CCCC(C)C1. The maximum Gasteiger partial charge on any atom is 0.409 e. The van der Waals surface area contributed by atoms with Gasteiger partial charge >= 0.3 is 6.09 Å². The molecule has 2 atom stereocenters. The molecule has 2 N–H and O–H groups in total. The molecule has 1 fully saturated rings. The van der Waals surface area contributed by atoms with E-state index in [0.29, 0.717) is 19.1 Å². The highest BCUT2D eigenvalue weighted by molar-refractivity contribution is 5.68. The van der Waals surface area contributed by atoms with Crippen molar-refractivity contribution in [3.63, 3.8) is 0 Å². The van der Waals surface area contributed by atoms with Gasteiger partial charge in [-0.1, -0.05) is 19.8 Å². The molecule has 0 heterocycles. The Morgan fingerprint density at radius 3 is 2.81 bits per heavy atom. The average Bonchev–Trinajstić information content (AvgIpc) is 2.28. The van der Waals surface area contributed by atoms with E-state index in [1.807, 2.05) is 14.0 Å². The lowest BCUT2D eigenvalue weighted by atomic mass is 9.75. The molecule has 0 aromatic heterocycles. The number of carbonyl (C=O) groups excluding carboxylic acids is 1. The van der Waals surface area contributed by atoms with Crippen molar-refractivity contribution in [3.05, 3.63) is 0 Å². The summed E-state index contributed by atoms with van der Waals surface area (Å²) in [7, 11) is 1.81. The Labute approximate surface area is 98.1 Å². The van der Waals surface area contributed by atoms with Gasteiger partial charge < -0.3 is 15.4 Å². The van der Waals surface area contributed by atoms with E-state index in [0.717, 1.165) is 19.3 Å². The summed E-state index contributed by atoms with van der Waals surface area (Å²) in [5.41, 5.74) is 5.70. The van der Waals surface area contributed by atoms with Gasteiger partial charge in [-0.25, -0.2) is 4.79 Å². The van der Waals surface area contributed by atoms with Crippen molar-refractivity contribution >= 4 is 6.09 Å².